The number of nitrogens with two attached hydrogens (primary N) is 1. The molecule has 0 saturated heterocycles. The normalized spacial score (nSPS) is 11.9. The molecule has 80 valence electrons. The fourth-order valence-electron chi connectivity index (χ4n) is 0.889. The Morgan fingerprint density at radius 2 is 2.27 bits per heavy atom. The molecule has 0 spiro atoms. The van der Waals surface area contributed by atoms with Crippen molar-refractivity contribution in [2.45, 2.75) is 13.0 Å². The molecule has 0 aliphatic rings. The van der Waals surface area contributed by atoms with Crippen LogP contribution in [0.1, 0.15) is 17.4 Å². The van der Waals surface area contributed by atoms with Crippen molar-refractivity contribution in [2.75, 3.05) is 0 Å². The Bertz CT molecular complexity index is 395. The number of primary amides is 1. The topological polar surface area (TPSA) is 85.1 Å². The molecule has 0 fully saturated rings. The minimum Gasteiger partial charge on any atom is -0.368 e. The maximum Gasteiger partial charge on any atom is 0.271 e. The summed E-state index contributed by atoms with van der Waals surface area (Å²) in [4.78, 5) is 26.2. The van der Waals surface area contributed by atoms with Gasteiger partial charge in [-0.1, -0.05) is 0 Å². The van der Waals surface area contributed by atoms with E-state index >= 15 is 0 Å². The van der Waals surface area contributed by atoms with Crippen LogP contribution in [0.2, 0.25) is 0 Å². The summed E-state index contributed by atoms with van der Waals surface area (Å²) in [5, 5.41) is 2.43. The molecule has 0 radical (unpaired) electrons. The van der Waals surface area contributed by atoms with Gasteiger partial charge in [0.25, 0.3) is 5.91 Å². The fraction of sp³-hybridized carbons (Fsp3) is 0.222. The standard InChI is InChI=1S/C9H10BrN3O2/c1-5(8(11)14)13-9(15)7-6(10)3-2-4-12-7/h2-5H,1H3,(H2,11,14)(H,13,15). The first-order valence-corrected chi connectivity index (χ1v) is 5.02. The molecule has 1 heterocycles. The van der Waals surface area contributed by atoms with Crippen molar-refractivity contribution in [3.63, 3.8) is 0 Å². The quantitative estimate of drug-likeness (QED) is 0.837. The van der Waals surface area contributed by atoms with E-state index < -0.39 is 17.9 Å². The number of carbonyl (C=O) groups excluding carboxylic acids is 2. The van der Waals surface area contributed by atoms with E-state index in [1.165, 1.54) is 13.1 Å². The molecule has 0 aliphatic heterocycles. The number of nitrogens with one attached hydrogen (secondary N) is 1. The van der Waals surface area contributed by atoms with Crippen molar-refractivity contribution in [3.8, 4) is 0 Å². The molecule has 15 heavy (non-hydrogen) atoms. The van der Waals surface area contributed by atoms with Crippen molar-refractivity contribution in [3.05, 3.63) is 28.5 Å². The summed E-state index contributed by atoms with van der Waals surface area (Å²) in [7, 11) is 0. The summed E-state index contributed by atoms with van der Waals surface area (Å²) in [6.45, 7) is 1.51. The van der Waals surface area contributed by atoms with Crippen molar-refractivity contribution >= 4 is 27.7 Å². The maximum absolute atomic E-state index is 11.6. The molecule has 2 amide bonds. The van der Waals surface area contributed by atoms with Gasteiger partial charge < -0.3 is 11.1 Å². The van der Waals surface area contributed by atoms with Gasteiger partial charge in [-0.3, -0.25) is 9.59 Å². The van der Waals surface area contributed by atoms with Crippen molar-refractivity contribution in [2.24, 2.45) is 5.73 Å². The van der Waals surface area contributed by atoms with Gasteiger partial charge in [0.15, 0.2) is 0 Å². The van der Waals surface area contributed by atoms with Crippen LogP contribution < -0.4 is 11.1 Å². The van der Waals surface area contributed by atoms with Gasteiger partial charge in [-0.05, 0) is 35.0 Å². The molecule has 3 N–H and O–H groups in total. The average Bonchev–Trinajstić information content (AvgIpc) is 2.18. The van der Waals surface area contributed by atoms with Crippen LogP contribution >= 0.6 is 15.9 Å². The predicted octanol–water partition coefficient (Wildman–Crippen LogP) is 0.448. The first-order valence-electron chi connectivity index (χ1n) is 4.23. The number of hydrogen-bond acceptors (Lipinski definition) is 3. The number of carbonyl (C=O) groups is 2. The molecule has 1 aromatic heterocycles. The molecular formula is C9H10BrN3O2. The molecule has 1 aromatic rings. The van der Waals surface area contributed by atoms with Crippen LogP contribution in [0.3, 0.4) is 0 Å². The minimum absolute atomic E-state index is 0.227. The molecule has 1 rings (SSSR count). The second-order valence-electron chi connectivity index (χ2n) is 2.93. The van der Waals surface area contributed by atoms with E-state index in [9.17, 15) is 9.59 Å². The minimum atomic E-state index is -0.716. The van der Waals surface area contributed by atoms with Crippen molar-refractivity contribution < 1.29 is 9.59 Å². The third kappa shape index (κ3) is 3.02. The Morgan fingerprint density at radius 3 is 2.80 bits per heavy atom. The molecule has 0 aliphatic carbocycles. The Hall–Kier alpha value is -1.43. The zero-order chi connectivity index (χ0) is 11.4. The predicted molar refractivity (Wildman–Crippen MR) is 58.1 cm³/mol. The van der Waals surface area contributed by atoms with E-state index in [1.54, 1.807) is 12.1 Å². The largest absolute Gasteiger partial charge is 0.368 e. The number of nitrogens with zero attached hydrogens (tertiary/aromatic N) is 1. The van der Waals surface area contributed by atoms with Gasteiger partial charge in [-0.2, -0.15) is 0 Å². The summed E-state index contributed by atoms with van der Waals surface area (Å²) in [6, 6.07) is 2.67. The number of halogens is 1. The Kier molecular flexibility index (Phi) is 3.79. The summed E-state index contributed by atoms with van der Waals surface area (Å²) in [5.74, 6) is -1.02. The molecule has 5 nitrogen and oxygen atoms in total. The Balaban J connectivity index is 2.78. The highest BCUT2D eigenvalue weighted by Crippen LogP contribution is 2.12. The second-order valence-corrected chi connectivity index (χ2v) is 3.79. The highest BCUT2D eigenvalue weighted by atomic mass is 79.9. The van der Waals surface area contributed by atoms with Crippen LogP contribution in [0.4, 0.5) is 0 Å². The highest BCUT2D eigenvalue weighted by Gasteiger charge is 2.16. The molecule has 0 bridgehead atoms. The van der Waals surface area contributed by atoms with Crippen LogP contribution in [-0.2, 0) is 4.79 Å². The SMILES string of the molecule is CC(NC(=O)c1ncccc1Br)C(N)=O. The van der Waals surface area contributed by atoms with E-state index in [0.717, 1.165) is 0 Å². The number of rotatable bonds is 3. The third-order valence-corrected chi connectivity index (χ3v) is 2.39. The zero-order valence-corrected chi connectivity index (χ0v) is 9.61. The van der Waals surface area contributed by atoms with E-state index in [4.69, 9.17) is 5.73 Å². The van der Waals surface area contributed by atoms with E-state index in [1.807, 2.05) is 0 Å². The average molecular weight is 272 g/mol. The van der Waals surface area contributed by atoms with Crippen LogP contribution in [0.15, 0.2) is 22.8 Å². The Morgan fingerprint density at radius 1 is 1.60 bits per heavy atom. The summed E-state index contributed by atoms with van der Waals surface area (Å²) in [6.07, 6.45) is 1.49. The number of amides is 2. The molecule has 1 atom stereocenters. The lowest BCUT2D eigenvalue weighted by atomic mass is 10.3. The molecule has 6 heteroatoms. The van der Waals surface area contributed by atoms with Crippen molar-refractivity contribution in [1.29, 1.82) is 0 Å². The second kappa shape index (κ2) is 4.88. The van der Waals surface area contributed by atoms with Gasteiger partial charge in [-0.15, -0.1) is 0 Å². The lowest BCUT2D eigenvalue weighted by Crippen LogP contribution is -2.42. The lowest BCUT2D eigenvalue weighted by molar-refractivity contribution is -0.119. The van der Waals surface area contributed by atoms with Gasteiger partial charge in [-0.25, -0.2) is 4.98 Å². The van der Waals surface area contributed by atoms with Gasteiger partial charge in [0, 0.05) is 10.7 Å². The van der Waals surface area contributed by atoms with Crippen LogP contribution in [0.25, 0.3) is 0 Å². The molecular weight excluding hydrogens is 262 g/mol. The Labute approximate surface area is 95.2 Å². The summed E-state index contributed by atoms with van der Waals surface area (Å²) < 4.78 is 0.569. The highest BCUT2D eigenvalue weighted by molar-refractivity contribution is 9.10. The zero-order valence-electron chi connectivity index (χ0n) is 8.03. The lowest BCUT2D eigenvalue weighted by Gasteiger charge is -2.09. The number of hydrogen-bond donors (Lipinski definition) is 2. The van der Waals surface area contributed by atoms with Gasteiger partial charge in [0.2, 0.25) is 5.91 Å². The number of pyridine rings is 1. The maximum atomic E-state index is 11.6. The van der Waals surface area contributed by atoms with E-state index in [-0.39, 0.29) is 5.69 Å². The third-order valence-electron chi connectivity index (χ3n) is 1.75. The van der Waals surface area contributed by atoms with Crippen LogP contribution in [0, 0.1) is 0 Å². The van der Waals surface area contributed by atoms with Gasteiger partial charge in [0.1, 0.15) is 11.7 Å². The van der Waals surface area contributed by atoms with Crippen LogP contribution in [-0.4, -0.2) is 22.8 Å². The summed E-state index contributed by atoms with van der Waals surface area (Å²) in [5.41, 5.74) is 5.24. The smallest absolute Gasteiger partial charge is 0.271 e. The van der Waals surface area contributed by atoms with E-state index in [0.29, 0.717) is 4.47 Å². The fourth-order valence-corrected chi connectivity index (χ4v) is 1.32. The number of aromatic nitrogens is 1. The van der Waals surface area contributed by atoms with Gasteiger partial charge in [0.05, 0.1) is 0 Å². The van der Waals surface area contributed by atoms with Crippen LogP contribution in [0.5, 0.6) is 0 Å². The summed E-state index contributed by atoms with van der Waals surface area (Å²) >= 11 is 3.18. The molecule has 0 saturated carbocycles. The van der Waals surface area contributed by atoms with Crippen molar-refractivity contribution in [1.82, 2.24) is 10.3 Å². The van der Waals surface area contributed by atoms with E-state index in [2.05, 4.69) is 26.2 Å². The first-order chi connectivity index (χ1) is 7.02. The molecule has 1 unspecified atom stereocenters. The van der Waals surface area contributed by atoms with Gasteiger partial charge >= 0.3 is 0 Å². The first kappa shape index (κ1) is 11.6. The molecule has 0 aromatic carbocycles. The monoisotopic (exact) mass is 271 g/mol.